The molecule has 0 heterocycles. The van der Waals surface area contributed by atoms with Crippen molar-refractivity contribution < 1.29 is 9.72 Å². The number of rotatable bonds is 8. The summed E-state index contributed by atoms with van der Waals surface area (Å²) in [6, 6.07) is 7.08. The maximum Gasteiger partial charge on any atom is 0.306 e. The molecule has 1 aromatic rings. The molecule has 0 aliphatic carbocycles. The first-order chi connectivity index (χ1) is 12.3. The van der Waals surface area contributed by atoms with Crippen molar-refractivity contribution in [2.75, 3.05) is 10.6 Å². The molecule has 8 heteroatoms. The Labute approximate surface area is 153 Å². The third-order valence-electron chi connectivity index (χ3n) is 3.15. The number of amides is 1. The number of carbonyl (C=O) groups excluding carboxylic acids is 1. The van der Waals surface area contributed by atoms with E-state index in [-0.39, 0.29) is 23.5 Å². The second-order valence-electron chi connectivity index (χ2n) is 5.80. The Bertz CT molecular complexity index is 725. The molecule has 8 nitrogen and oxygen atoms in total. The summed E-state index contributed by atoms with van der Waals surface area (Å²) in [5.41, 5.74) is 1.24. The van der Waals surface area contributed by atoms with E-state index < -0.39 is 11.1 Å². The highest BCUT2D eigenvalue weighted by molar-refractivity contribution is 5.99. The van der Waals surface area contributed by atoms with E-state index in [2.05, 4.69) is 27.5 Å². The lowest BCUT2D eigenvalue weighted by Crippen LogP contribution is -2.35. The predicted octanol–water partition coefficient (Wildman–Crippen LogP) is 3.15. The number of benzene rings is 1. The van der Waals surface area contributed by atoms with Crippen molar-refractivity contribution in [1.29, 1.82) is 0 Å². The molecule has 0 aliphatic rings. The fourth-order valence-electron chi connectivity index (χ4n) is 2.13. The number of anilines is 2. The average molecular weight is 359 g/mol. The highest BCUT2D eigenvalue weighted by atomic mass is 16.6. The van der Waals surface area contributed by atoms with Crippen LogP contribution in [0.25, 0.3) is 0 Å². The summed E-state index contributed by atoms with van der Waals surface area (Å²) in [6.45, 7) is 10.6. The lowest BCUT2D eigenvalue weighted by atomic mass is 10.2. The molecule has 1 rings (SSSR count). The summed E-state index contributed by atoms with van der Waals surface area (Å²) in [4.78, 5) is 26.5. The van der Waals surface area contributed by atoms with Gasteiger partial charge in [0.05, 0.1) is 4.92 Å². The van der Waals surface area contributed by atoms with Gasteiger partial charge in [-0.3, -0.25) is 14.9 Å². The van der Waals surface area contributed by atoms with Crippen molar-refractivity contribution in [1.82, 2.24) is 5.32 Å². The zero-order valence-corrected chi connectivity index (χ0v) is 15.4. The van der Waals surface area contributed by atoms with Gasteiger partial charge in [-0.25, -0.2) is 4.99 Å². The largest absolute Gasteiger partial charge is 0.364 e. The van der Waals surface area contributed by atoms with Crippen LogP contribution in [0.3, 0.4) is 0 Å². The van der Waals surface area contributed by atoms with Crippen LogP contribution < -0.4 is 16.0 Å². The normalized spacial score (nSPS) is 13.1. The smallest absolute Gasteiger partial charge is 0.306 e. The maximum absolute atomic E-state index is 11.4. The molecular weight excluding hydrogens is 334 g/mol. The maximum atomic E-state index is 11.4. The fraction of sp³-hybridized carbons (Fsp3) is 0.333. The summed E-state index contributed by atoms with van der Waals surface area (Å²) < 4.78 is 0. The van der Waals surface area contributed by atoms with Gasteiger partial charge < -0.3 is 16.0 Å². The molecule has 0 spiro atoms. The zero-order valence-electron chi connectivity index (χ0n) is 15.4. The molecule has 1 amide bonds. The van der Waals surface area contributed by atoms with Crippen molar-refractivity contribution in [3.8, 4) is 0 Å². The number of hydrogen-bond donors (Lipinski definition) is 3. The molecule has 1 atom stereocenters. The van der Waals surface area contributed by atoms with E-state index in [1.807, 2.05) is 19.9 Å². The van der Waals surface area contributed by atoms with E-state index in [1.165, 1.54) is 12.2 Å². The number of hydrogen-bond acceptors (Lipinski definition) is 5. The molecular formula is C18H25N5O3. The Balaban J connectivity index is 2.99. The number of carbonyl (C=O) groups is 1. The van der Waals surface area contributed by atoms with E-state index in [4.69, 9.17) is 0 Å². The van der Waals surface area contributed by atoms with E-state index >= 15 is 0 Å². The SMILES string of the molecule is C=CC(=O)Nc1cccc(NC(C)N=C(NC(C)C)/C(=C\C)[N+](=O)[O-])c1. The van der Waals surface area contributed by atoms with Crippen molar-refractivity contribution in [2.24, 2.45) is 4.99 Å². The van der Waals surface area contributed by atoms with Crippen molar-refractivity contribution in [2.45, 2.75) is 39.9 Å². The Morgan fingerprint density at radius 3 is 2.50 bits per heavy atom. The van der Waals surface area contributed by atoms with Gasteiger partial charge in [0.1, 0.15) is 6.17 Å². The topological polar surface area (TPSA) is 109 Å². The van der Waals surface area contributed by atoms with E-state index in [1.54, 1.807) is 32.0 Å². The minimum atomic E-state index is -0.466. The number of amidine groups is 1. The van der Waals surface area contributed by atoms with Crippen LogP contribution in [0.15, 0.2) is 53.7 Å². The van der Waals surface area contributed by atoms with Gasteiger partial charge in [0, 0.05) is 17.4 Å². The van der Waals surface area contributed by atoms with Gasteiger partial charge in [-0.05, 0) is 58.0 Å². The van der Waals surface area contributed by atoms with Gasteiger partial charge in [0.25, 0.3) is 0 Å². The number of aliphatic imine (C=N–C) groups is 1. The molecule has 0 radical (unpaired) electrons. The van der Waals surface area contributed by atoms with Crippen LogP contribution in [0.2, 0.25) is 0 Å². The highest BCUT2D eigenvalue weighted by Gasteiger charge is 2.20. The second kappa shape index (κ2) is 9.97. The lowest BCUT2D eigenvalue weighted by molar-refractivity contribution is -0.415. The number of allylic oxidation sites excluding steroid dienone is 1. The van der Waals surface area contributed by atoms with Crippen LogP contribution in [0, 0.1) is 10.1 Å². The quantitative estimate of drug-likeness (QED) is 0.217. The Hall–Kier alpha value is -3.16. The van der Waals surface area contributed by atoms with Crippen LogP contribution >= 0.6 is 0 Å². The first-order valence-corrected chi connectivity index (χ1v) is 8.22. The van der Waals surface area contributed by atoms with Crippen LogP contribution in [0.5, 0.6) is 0 Å². The van der Waals surface area contributed by atoms with Crippen molar-refractivity contribution >= 4 is 23.1 Å². The standard InChI is InChI=1S/C18H25N5O3/c1-6-16(23(25)26)18(19-12(3)4)21-13(5)20-14-9-8-10-15(11-14)22-17(24)7-2/h6-13,20H,2H2,1,3-5H3,(H,19,21)(H,22,24)/b16-6+. The molecule has 0 fully saturated rings. The molecule has 0 saturated carbocycles. The molecule has 0 bridgehead atoms. The van der Waals surface area contributed by atoms with Gasteiger partial charge in [0.15, 0.2) is 0 Å². The molecule has 3 N–H and O–H groups in total. The molecule has 0 aliphatic heterocycles. The summed E-state index contributed by atoms with van der Waals surface area (Å²) in [6.07, 6.45) is 2.16. The molecule has 140 valence electrons. The Kier molecular flexibility index (Phi) is 8.01. The summed E-state index contributed by atoms with van der Waals surface area (Å²) >= 11 is 0. The Morgan fingerprint density at radius 2 is 1.96 bits per heavy atom. The van der Waals surface area contributed by atoms with Crippen LogP contribution in [-0.2, 0) is 4.79 Å². The van der Waals surface area contributed by atoms with Crippen LogP contribution in [0.4, 0.5) is 11.4 Å². The first-order valence-electron chi connectivity index (χ1n) is 8.22. The summed E-state index contributed by atoms with van der Waals surface area (Å²) in [5, 5.41) is 20.0. The molecule has 1 aromatic carbocycles. The first kappa shape index (κ1) is 20.9. The molecule has 0 aromatic heterocycles. The summed E-state index contributed by atoms with van der Waals surface area (Å²) in [7, 11) is 0. The predicted molar refractivity (Wildman–Crippen MR) is 105 cm³/mol. The van der Waals surface area contributed by atoms with Crippen LogP contribution in [-0.4, -0.2) is 28.9 Å². The monoisotopic (exact) mass is 359 g/mol. The third kappa shape index (κ3) is 6.76. The number of nitro groups is 1. The van der Waals surface area contributed by atoms with Gasteiger partial charge in [-0.15, -0.1) is 0 Å². The van der Waals surface area contributed by atoms with Gasteiger partial charge in [0.2, 0.25) is 11.7 Å². The van der Waals surface area contributed by atoms with Crippen molar-refractivity contribution in [3.63, 3.8) is 0 Å². The summed E-state index contributed by atoms with van der Waals surface area (Å²) in [5.74, 6) is -0.0936. The molecule has 26 heavy (non-hydrogen) atoms. The minimum Gasteiger partial charge on any atom is -0.364 e. The molecule has 1 unspecified atom stereocenters. The van der Waals surface area contributed by atoms with Crippen LogP contribution in [0.1, 0.15) is 27.7 Å². The lowest BCUT2D eigenvalue weighted by Gasteiger charge is -2.16. The average Bonchev–Trinajstić information content (AvgIpc) is 2.54. The van der Waals surface area contributed by atoms with E-state index in [9.17, 15) is 14.9 Å². The Morgan fingerprint density at radius 1 is 1.31 bits per heavy atom. The number of nitrogens with zero attached hydrogens (tertiary/aromatic N) is 2. The van der Waals surface area contributed by atoms with Gasteiger partial charge >= 0.3 is 5.70 Å². The fourth-order valence-corrected chi connectivity index (χ4v) is 2.13. The minimum absolute atomic E-state index is 0.00621. The van der Waals surface area contributed by atoms with Gasteiger partial charge in [-0.2, -0.15) is 0 Å². The highest BCUT2D eigenvalue weighted by Crippen LogP contribution is 2.16. The molecule has 0 saturated heterocycles. The second-order valence-corrected chi connectivity index (χ2v) is 5.80. The third-order valence-corrected chi connectivity index (χ3v) is 3.15. The van der Waals surface area contributed by atoms with Gasteiger partial charge in [-0.1, -0.05) is 12.6 Å². The van der Waals surface area contributed by atoms with E-state index in [0.717, 1.165) is 5.69 Å². The van der Waals surface area contributed by atoms with E-state index in [0.29, 0.717) is 5.69 Å². The zero-order chi connectivity index (χ0) is 19.7. The van der Waals surface area contributed by atoms with Crippen molar-refractivity contribution in [3.05, 3.63) is 58.8 Å². The number of nitrogens with one attached hydrogen (secondary N) is 3.